The third-order valence-electron chi connectivity index (χ3n) is 1.53. The fourth-order valence-electron chi connectivity index (χ4n) is 0.902. The van der Waals surface area contributed by atoms with Crippen LogP contribution in [0.15, 0.2) is 0 Å². The van der Waals surface area contributed by atoms with Gasteiger partial charge in [0.1, 0.15) is 0 Å². The predicted molar refractivity (Wildman–Crippen MR) is 37.1 cm³/mol. The Morgan fingerprint density at radius 3 is 2.55 bits per heavy atom. The third kappa shape index (κ3) is 1.91. The number of rotatable bonds is 2. The van der Waals surface area contributed by atoms with Gasteiger partial charge in [-0.25, -0.2) is 4.79 Å². The molecule has 1 aliphatic heterocycles. The van der Waals surface area contributed by atoms with Gasteiger partial charge in [-0.2, -0.15) is 0 Å². The van der Waals surface area contributed by atoms with Gasteiger partial charge in [0.05, 0.1) is 6.61 Å². The average Bonchev–Trinajstić information content (AvgIpc) is 2.33. The third-order valence-corrected chi connectivity index (χ3v) is 1.53. The van der Waals surface area contributed by atoms with Gasteiger partial charge in [0.2, 0.25) is 0 Å². The Balaban J connectivity index is 2.41. The summed E-state index contributed by atoms with van der Waals surface area (Å²) in [6.07, 6.45) is -1.13. The molecule has 0 aromatic heterocycles. The Morgan fingerprint density at radius 2 is 2.27 bits per heavy atom. The van der Waals surface area contributed by atoms with E-state index in [9.17, 15) is 4.79 Å². The van der Waals surface area contributed by atoms with Crippen LogP contribution in [0.25, 0.3) is 0 Å². The molecule has 1 saturated heterocycles. The van der Waals surface area contributed by atoms with Crippen LogP contribution in [-0.2, 0) is 14.3 Å². The normalized spacial score (nSPS) is 31.2. The van der Waals surface area contributed by atoms with Gasteiger partial charge in [-0.05, 0) is 0 Å². The summed E-state index contributed by atoms with van der Waals surface area (Å²) in [5.41, 5.74) is 0. The number of carboxylic acids is 1. The molecule has 1 fully saturated rings. The molecule has 64 valence electrons. The van der Waals surface area contributed by atoms with Crippen LogP contribution in [0.1, 0.15) is 13.8 Å². The van der Waals surface area contributed by atoms with Crippen molar-refractivity contribution < 1.29 is 19.4 Å². The lowest BCUT2D eigenvalue weighted by molar-refractivity contribution is -0.152. The molecule has 1 rings (SSSR count). The van der Waals surface area contributed by atoms with Crippen LogP contribution in [0.2, 0.25) is 0 Å². The van der Waals surface area contributed by atoms with E-state index in [1.165, 1.54) is 0 Å². The molecule has 11 heavy (non-hydrogen) atoms. The lowest BCUT2D eigenvalue weighted by atomic mass is 10.2. The molecule has 0 amide bonds. The molecule has 2 unspecified atom stereocenters. The van der Waals surface area contributed by atoms with Crippen LogP contribution in [0.4, 0.5) is 0 Å². The quantitative estimate of drug-likeness (QED) is 0.638. The number of hydrogen-bond donors (Lipinski definition) is 1. The topological polar surface area (TPSA) is 55.8 Å². The number of carbonyl (C=O) groups is 1. The van der Waals surface area contributed by atoms with E-state index < -0.39 is 12.1 Å². The standard InChI is InChI=1S/C7H12O4/c1-4(2)7-10-3-5(11-7)6(8)9/h4-5,7H,3H2,1-2H3,(H,8,9). The fourth-order valence-corrected chi connectivity index (χ4v) is 0.902. The van der Waals surface area contributed by atoms with Crippen LogP contribution in [0, 0.1) is 5.92 Å². The van der Waals surface area contributed by atoms with E-state index in [0.29, 0.717) is 0 Å². The summed E-state index contributed by atoms with van der Waals surface area (Å²) >= 11 is 0. The molecular formula is C7H12O4. The summed E-state index contributed by atoms with van der Waals surface area (Å²) in [5, 5.41) is 8.51. The molecule has 0 aromatic rings. The van der Waals surface area contributed by atoms with Crippen molar-refractivity contribution in [3.63, 3.8) is 0 Å². The molecule has 0 aliphatic carbocycles. The highest BCUT2D eigenvalue weighted by molar-refractivity contribution is 5.72. The van der Waals surface area contributed by atoms with Crippen LogP contribution in [0.5, 0.6) is 0 Å². The first-order chi connectivity index (χ1) is 5.11. The zero-order chi connectivity index (χ0) is 8.43. The van der Waals surface area contributed by atoms with Crippen molar-refractivity contribution in [2.45, 2.75) is 26.2 Å². The number of aliphatic carboxylic acids is 1. The van der Waals surface area contributed by atoms with Gasteiger partial charge in [-0.3, -0.25) is 0 Å². The number of carboxylic acid groups (broad SMARTS) is 1. The van der Waals surface area contributed by atoms with Gasteiger partial charge in [0, 0.05) is 5.92 Å². The molecule has 1 heterocycles. The summed E-state index contributed by atoms with van der Waals surface area (Å²) in [6, 6.07) is 0. The molecule has 1 N–H and O–H groups in total. The second kappa shape index (κ2) is 3.19. The maximum atomic E-state index is 10.4. The van der Waals surface area contributed by atoms with E-state index in [1.807, 2.05) is 13.8 Å². The summed E-state index contributed by atoms with van der Waals surface area (Å²) in [7, 11) is 0. The van der Waals surface area contributed by atoms with Gasteiger partial charge < -0.3 is 14.6 Å². The molecule has 0 aromatic carbocycles. The lowest BCUT2D eigenvalue weighted by Gasteiger charge is -2.12. The molecule has 2 atom stereocenters. The van der Waals surface area contributed by atoms with Crippen molar-refractivity contribution in [1.29, 1.82) is 0 Å². The van der Waals surface area contributed by atoms with Gasteiger partial charge in [-0.1, -0.05) is 13.8 Å². The molecular weight excluding hydrogens is 148 g/mol. The van der Waals surface area contributed by atoms with E-state index in [2.05, 4.69) is 0 Å². The minimum atomic E-state index is -0.951. The number of ether oxygens (including phenoxy) is 2. The maximum absolute atomic E-state index is 10.4. The highest BCUT2D eigenvalue weighted by atomic mass is 16.7. The van der Waals surface area contributed by atoms with Crippen molar-refractivity contribution in [2.24, 2.45) is 5.92 Å². The maximum Gasteiger partial charge on any atom is 0.335 e. The highest BCUT2D eigenvalue weighted by Crippen LogP contribution is 2.18. The molecule has 1 aliphatic rings. The van der Waals surface area contributed by atoms with E-state index >= 15 is 0 Å². The van der Waals surface area contributed by atoms with Gasteiger partial charge in [-0.15, -0.1) is 0 Å². The van der Waals surface area contributed by atoms with Crippen LogP contribution in [-0.4, -0.2) is 30.1 Å². The Morgan fingerprint density at radius 1 is 1.64 bits per heavy atom. The summed E-state index contributed by atoms with van der Waals surface area (Å²) < 4.78 is 10.1. The Kier molecular flexibility index (Phi) is 2.46. The summed E-state index contributed by atoms with van der Waals surface area (Å²) in [6.45, 7) is 4.02. The average molecular weight is 160 g/mol. The highest BCUT2D eigenvalue weighted by Gasteiger charge is 2.32. The van der Waals surface area contributed by atoms with E-state index in [0.717, 1.165) is 0 Å². The number of hydrogen-bond acceptors (Lipinski definition) is 3. The van der Waals surface area contributed by atoms with Crippen molar-refractivity contribution in [2.75, 3.05) is 6.61 Å². The van der Waals surface area contributed by atoms with E-state index in [1.54, 1.807) is 0 Å². The van der Waals surface area contributed by atoms with Gasteiger partial charge in [0.15, 0.2) is 12.4 Å². The second-order valence-corrected chi connectivity index (χ2v) is 2.91. The van der Waals surface area contributed by atoms with Gasteiger partial charge >= 0.3 is 5.97 Å². The van der Waals surface area contributed by atoms with E-state index in [-0.39, 0.29) is 18.8 Å². The van der Waals surface area contributed by atoms with Crippen LogP contribution in [0.3, 0.4) is 0 Å². The molecule has 0 bridgehead atoms. The minimum Gasteiger partial charge on any atom is -0.479 e. The minimum absolute atomic E-state index is 0.165. The van der Waals surface area contributed by atoms with Crippen LogP contribution >= 0.6 is 0 Å². The Hall–Kier alpha value is -0.610. The Bertz CT molecular complexity index is 155. The molecule has 4 heteroatoms. The second-order valence-electron chi connectivity index (χ2n) is 2.91. The summed E-state index contributed by atoms with van der Waals surface area (Å²) in [4.78, 5) is 10.4. The summed E-state index contributed by atoms with van der Waals surface area (Å²) in [5.74, 6) is -0.743. The molecule has 0 spiro atoms. The lowest BCUT2D eigenvalue weighted by Crippen LogP contribution is -2.24. The van der Waals surface area contributed by atoms with Crippen molar-refractivity contribution in [3.8, 4) is 0 Å². The first-order valence-corrected chi connectivity index (χ1v) is 3.61. The predicted octanol–water partition coefficient (Wildman–Crippen LogP) is 0.468. The van der Waals surface area contributed by atoms with Crippen molar-refractivity contribution in [1.82, 2.24) is 0 Å². The SMILES string of the molecule is CC(C)C1OCC(C(=O)O)O1. The first-order valence-electron chi connectivity index (χ1n) is 3.61. The van der Waals surface area contributed by atoms with Crippen LogP contribution < -0.4 is 0 Å². The molecule has 4 nitrogen and oxygen atoms in total. The molecule has 0 saturated carbocycles. The first kappa shape index (κ1) is 8.49. The largest absolute Gasteiger partial charge is 0.479 e. The zero-order valence-electron chi connectivity index (χ0n) is 6.61. The monoisotopic (exact) mass is 160 g/mol. The fraction of sp³-hybridized carbons (Fsp3) is 0.857. The van der Waals surface area contributed by atoms with Crippen molar-refractivity contribution in [3.05, 3.63) is 0 Å². The van der Waals surface area contributed by atoms with E-state index in [4.69, 9.17) is 14.6 Å². The smallest absolute Gasteiger partial charge is 0.335 e. The van der Waals surface area contributed by atoms with Gasteiger partial charge in [0.25, 0.3) is 0 Å². The zero-order valence-corrected chi connectivity index (χ0v) is 6.61. The van der Waals surface area contributed by atoms with Crippen molar-refractivity contribution >= 4 is 5.97 Å². The Labute approximate surface area is 65.1 Å². The molecule has 0 radical (unpaired) electrons.